The number of nitrogens with two attached hydrogens (primary N) is 1. The number of nitrogen functional groups attached to an aromatic ring is 1. The van der Waals surface area contributed by atoms with Crippen LogP contribution in [0.15, 0.2) is 76.4 Å². The fourth-order valence-electron chi connectivity index (χ4n) is 3.34. The third-order valence-electron chi connectivity index (χ3n) is 4.96. The average Bonchev–Trinajstić information content (AvgIpc) is 3.48. The van der Waals surface area contributed by atoms with Crippen molar-refractivity contribution >= 4 is 38.4 Å². The van der Waals surface area contributed by atoms with E-state index in [1.807, 2.05) is 0 Å². The fraction of sp³-hybridized carbons (Fsp3) is 0. The second-order valence-corrected chi connectivity index (χ2v) is 9.32. The molecular weight excluding hydrogens is 490 g/mol. The van der Waals surface area contributed by atoms with Gasteiger partial charge in [0.05, 0.1) is 11.6 Å². The number of hydrogen-bond donors (Lipinski definition) is 1. The highest BCUT2D eigenvalue weighted by atomic mass is 35.5. The summed E-state index contributed by atoms with van der Waals surface area (Å²) in [5, 5.41) is 8.20. The monoisotopic (exact) mass is 502 g/mol. The van der Waals surface area contributed by atoms with Gasteiger partial charge in [0.2, 0.25) is 0 Å². The van der Waals surface area contributed by atoms with Crippen molar-refractivity contribution in [2.45, 2.75) is 4.90 Å². The lowest BCUT2D eigenvalue weighted by Gasteiger charge is -2.14. The average molecular weight is 503 g/mol. The summed E-state index contributed by atoms with van der Waals surface area (Å²) in [4.78, 5) is -0.884. The topological polar surface area (TPSA) is 113 Å². The molecule has 0 aliphatic heterocycles. The maximum absolute atomic E-state index is 14.9. The number of benzene rings is 3. The second-order valence-electron chi connectivity index (χ2n) is 7.12. The summed E-state index contributed by atoms with van der Waals surface area (Å²) in [6.07, 6.45) is 2.31. The summed E-state index contributed by atoms with van der Waals surface area (Å²) in [5.41, 5.74) is 7.34. The number of nitrogens with zero attached hydrogens (tertiary/aromatic N) is 3. The predicted molar refractivity (Wildman–Crippen MR) is 120 cm³/mol. The smallest absolute Gasteiger partial charge is 0.285 e. The van der Waals surface area contributed by atoms with Crippen LogP contribution < -0.4 is 10.5 Å². The Hall–Kier alpha value is -3.96. The Morgan fingerprint density at radius 3 is 2.62 bits per heavy atom. The molecule has 2 heterocycles. The van der Waals surface area contributed by atoms with Crippen LogP contribution in [0.5, 0.6) is 11.5 Å². The van der Waals surface area contributed by atoms with Crippen LogP contribution in [-0.4, -0.2) is 22.8 Å². The molecule has 0 fully saturated rings. The van der Waals surface area contributed by atoms with Crippen molar-refractivity contribution in [2.75, 3.05) is 5.73 Å². The van der Waals surface area contributed by atoms with Gasteiger partial charge in [0.15, 0.2) is 23.0 Å². The number of hydrogen-bond acceptors (Lipinski definition) is 7. The molecule has 0 radical (unpaired) electrons. The molecule has 0 saturated carbocycles. The summed E-state index contributed by atoms with van der Waals surface area (Å²) in [6.45, 7) is 0. The molecule has 0 saturated heterocycles. The maximum Gasteiger partial charge on any atom is 0.285 e. The van der Waals surface area contributed by atoms with Gasteiger partial charge in [-0.3, -0.25) is 0 Å². The normalized spacial score (nSPS) is 11.7. The van der Waals surface area contributed by atoms with Gasteiger partial charge in [0.25, 0.3) is 10.0 Å². The van der Waals surface area contributed by atoms with Crippen molar-refractivity contribution in [3.63, 3.8) is 0 Å². The van der Waals surface area contributed by atoms with Gasteiger partial charge in [-0.2, -0.15) is 17.6 Å². The van der Waals surface area contributed by atoms with E-state index in [2.05, 4.69) is 10.3 Å². The van der Waals surface area contributed by atoms with Crippen LogP contribution in [0.2, 0.25) is 5.02 Å². The third-order valence-corrected chi connectivity index (χ3v) is 6.77. The van der Waals surface area contributed by atoms with Crippen LogP contribution in [0.4, 0.5) is 14.6 Å². The Bertz CT molecular complexity index is 1650. The minimum Gasteiger partial charge on any atom is -0.454 e. The van der Waals surface area contributed by atoms with Gasteiger partial charge < -0.3 is 15.0 Å². The van der Waals surface area contributed by atoms with Crippen LogP contribution in [0.3, 0.4) is 0 Å². The number of ether oxygens (including phenoxy) is 1. The number of fused-ring (bicyclic) bond motifs is 1. The molecule has 0 amide bonds. The van der Waals surface area contributed by atoms with E-state index >= 15 is 0 Å². The Balaban J connectivity index is 1.56. The first-order valence-corrected chi connectivity index (χ1v) is 11.4. The van der Waals surface area contributed by atoms with Gasteiger partial charge in [-0.15, -0.1) is 0 Å². The van der Waals surface area contributed by atoms with E-state index in [1.54, 1.807) is 24.3 Å². The fourth-order valence-corrected chi connectivity index (χ4v) is 4.68. The van der Waals surface area contributed by atoms with Crippen LogP contribution in [0.1, 0.15) is 0 Å². The zero-order valence-corrected chi connectivity index (χ0v) is 18.5. The highest BCUT2D eigenvalue weighted by molar-refractivity contribution is 7.89. The van der Waals surface area contributed by atoms with Crippen LogP contribution in [0, 0.1) is 11.6 Å². The quantitative estimate of drug-likeness (QED) is 0.350. The molecule has 2 aromatic heterocycles. The summed E-state index contributed by atoms with van der Waals surface area (Å²) >= 11 is 6.15. The molecule has 0 spiro atoms. The van der Waals surface area contributed by atoms with Crippen molar-refractivity contribution in [2.24, 2.45) is 0 Å². The molecule has 3 aromatic carbocycles. The van der Waals surface area contributed by atoms with Gasteiger partial charge in [0, 0.05) is 28.9 Å². The van der Waals surface area contributed by atoms with Crippen molar-refractivity contribution in [3.8, 4) is 22.6 Å². The second kappa shape index (κ2) is 8.12. The molecule has 0 aliphatic rings. The molecular formula is C22H13ClF2N4O4S. The molecule has 0 unspecified atom stereocenters. The molecule has 172 valence electrons. The first-order chi connectivity index (χ1) is 16.2. The lowest BCUT2D eigenvalue weighted by Crippen LogP contribution is -2.15. The largest absolute Gasteiger partial charge is 0.454 e. The standard InChI is InChI=1S/C22H13ClF2N4O4S/c23-13-3-5-18(14(9-13)12-2-4-19-15(8-12)22(26)28-33-19)32-20-10-17(25)21(11-16(20)24)34(30,31)29-7-1-6-27-29/h1-11H,(H2,26,28). The van der Waals surface area contributed by atoms with Crippen LogP contribution >= 0.6 is 11.6 Å². The predicted octanol–water partition coefficient (Wildman–Crippen LogP) is 5.23. The van der Waals surface area contributed by atoms with Gasteiger partial charge >= 0.3 is 0 Å². The SMILES string of the molecule is Nc1noc2ccc(-c3cc(Cl)ccc3Oc3cc(F)c(S(=O)(=O)n4cccn4)cc3F)cc12. The highest BCUT2D eigenvalue weighted by Crippen LogP contribution is 2.39. The summed E-state index contributed by atoms with van der Waals surface area (Å²) < 4.78 is 66.0. The van der Waals surface area contributed by atoms with Crippen molar-refractivity contribution < 1.29 is 26.5 Å². The minimum atomic E-state index is -4.42. The zero-order chi connectivity index (χ0) is 24.0. The summed E-state index contributed by atoms with van der Waals surface area (Å²) in [5.74, 6) is -2.50. The lowest BCUT2D eigenvalue weighted by atomic mass is 10.0. The van der Waals surface area contributed by atoms with Crippen molar-refractivity contribution in [1.29, 1.82) is 0 Å². The van der Waals surface area contributed by atoms with E-state index in [4.69, 9.17) is 26.6 Å². The summed E-state index contributed by atoms with van der Waals surface area (Å²) in [7, 11) is -4.42. The van der Waals surface area contributed by atoms with E-state index in [0.717, 1.165) is 6.20 Å². The van der Waals surface area contributed by atoms with Crippen molar-refractivity contribution in [3.05, 3.63) is 83.6 Å². The van der Waals surface area contributed by atoms with Crippen molar-refractivity contribution in [1.82, 2.24) is 14.3 Å². The van der Waals surface area contributed by atoms with E-state index in [-0.39, 0.29) is 11.6 Å². The zero-order valence-electron chi connectivity index (χ0n) is 16.9. The van der Waals surface area contributed by atoms with Crippen LogP contribution in [0.25, 0.3) is 22.1 Å². The minimum absolute atomic E-state index is 0.139. The van der Waals surface area contributed by atoms with E-state index < -0.39 is 32.3 Å². The number of aromatic nitrogens is 3. The Labute approximate surface area is 196 Å². The molecule has 2 N–H and O–H groups in total. The third kappa shape index (κ3) is 3.74. The van der Waals surface area contributed by atoms with E-state index in [9.17, 15) is 17.2 Å². The Morgan fingerprint density at radius 1 is 1.03 bits per heavy atom. The Morgan fingerprint density at radius 2 is 1.85 bits per heavy atom. The van der Waals surface area contributed by atoms with Gasteiger partial charge in [-0.1, -0.05) is 22.8 Å². The summed E-state index contributed by atoms with van der Waals surface area (Å²) in [6, 6.07) is 12.1. The maximum atomic E-state index is 14.9. The molecule has 34 heavy (non-hydrogen) atoms. The molecule has 0 bridgehead atoms. The number of halogens is 3. The van der Waals surface area contributed by atoms with Gasteiger partial charge in [-0.25, -0.2) is 8.78 Å². The first kappa shape index (κ1) is 21.9. The highest BCUT2D eigenvalue weighted by Gasteiger charge is 2.25. The van der Waals surface area contributed by atoms with Crippen LogP contribution in [-0.2, 0) is 10.0 Å². The molecule has 5 rings (SSSR count). The van der Waals surface area contributed by atoms with E-state index in [0.29, 0.717) is 43.3 Å². The van der Waals surface area contributed by atoms with Gasteiger partial charge in [-0.05, 0) is 42.0 Å². The number of rotatable bonds is 5. The lowest BCUT2D eigenvalue weighted by molar-refractivity contribution is 0.433. The van der Waals surface area contributed by atoms with E-state index in [1.165, 1.54) is 24.4 Å². The number of anilines is 1. The Kier molecular flexibility index (Phi) is 5.22. The first-order valence-electron chi connectivity index (χ1n) is 9.61. The molecule has 8 nitrogen and oxygen atoms in total. The van der Waals surface area contributed by atoms with Gasteiger partial charge in [0.1, 0.15) is 16.5 Å². The molecule has 12 heteroatoms. The molecule has 0 aliphatic carbocycles. The molecule has 0 atom stereocenters. The molecule has 5 aromatic rings.